The van der Waals surface area contributed by atoms with Gasteiger partial charge >= 0.3 is 5.97 Å². The highest BCUT2D eigenvalue weighted by atomic mass is 32.2. The molecular weight excluding hydrogens is 264 g/mol. The number of carbonyl (C=O) groups is 1. The van der Waals surface area contributed by atoms with Crippen LogP contribution in [0.25, 0.3) is 0 Å². The maximum Gasteiger partial charge on any atom is 0.340 e. The van der Waals surface area contributed by atoms with Gasteiger partial charge in [-0.3, -0.25) is 4.21 Å². The lowest BCUT2D eigenvalue weighted by molar-refractivity contribution is 0.0527. The first kappa shape index (κ1) is 15.5. The Bertz CT molecular complexity index is 477. The molecule has 0 saturated heterocycles. The number of nitrogens with two attached hydrogens (primary N) is 1. The number of para-hydroxylation sites is 1. The molecule has 0 fully saturated rings. The highest BCUT2D eigenvalue weighted by molar-refractivity contribution is 7.84. The molecule has 0 aliphatic rings. The Kier molecular flexibility index (Phi) is 5.82. The maximum atomic E-state index is 11.7. The van der Waals surface area contributed by atoms with Crippen LogP contribution in [0.1, 0.15) is 24.2 Å². The van der Waals surface area contributed by atoms with E-state index < -0.39 is 16.8 Å². The molecule has 2 unspecified atom stereocenters. The summed E-state index contributed by atoms with van der Waals surface area (Å²) in [5, 5.41) is 3.15. The number of benzene rings is 1. The standard InChI is InChI=1S/C13H20N2O3S/c1-4-18-13(16)10-6-5-7-11(12(10)14)15-9(2)8-19(3)17/h5-7,9,15H,4,8,14H2,1-3H3. The largest absolute Gasteiger partial charge is 0.462 e. The number of anilines is 2. The van der Waals surface area contributed by atoms with Gasteiger partial charge in [-0.1, -0.05) is 6.07 Å². The van der Waals surface area contributed by atoms with Gasteiger partial charge in [0.05, 0.1) is 23.5 Å². The number of nitrogens with one attached hydrogen (secondary N) is 1. The van der Waals surface area contributed by atoms with Crippen LogP contribution < -0.4 is 11.1 Å². The zero-order valence-electron chi connectivity index (χ0n) is 11.4. The van der Waals surface area contributed by atoms with Crippen molar-refractivity contribution >= 4 is 28.1 Å². The minimum Gasteiger partial charge on any atom is -0.462 e. The molecule has 5 nitrogen and oxygen atoms in total. The third-order valence-corrected chi connectivity index (χ3v) is 3.46. The van der Waals surface area contributed by atoms with Crippen molar-refractivity contribution in [3.05, 3.63) is 23.8 Å². The summed E-state index contributed by atoms with van der Waals surface area (Å²) < 4.78 is 16.1. The summed E-state index contributed by atoms with van der Waals surface area (Å²) in [4.78, 5) is 11.7. The highest BCUT2D eigenvalue weighted by Gasteiger charge is 2.14. The monoisotopic (exact) mass is 284 g/mol. The normalized spacial score (nSPS) is 13.6. The molecule has 0 spiro atoms. The number of carbonyl (C=O) groups excluding carboxylic acids is 1. The number of nitrogen functional groups attached to an aromatic ring is 1. The van der Waals surface area contributed by atoms with Gasteiger partial charge in [0.25, 0.3) is 0 Å². The van der Waals surface area contributed by atoms with Gasteiger partial charge in [0.15, 0.2) is 0 Å². The second kappa shape index (κ2) is 7.13. The topological polar surface area (TPSA) is 81.4 Å². The summed E-state index contributed by atoms with van der Waals surface area (Å²) in [6.45, 7) is 3.97. The summed E-state index contributed by atoms with van der Waals surface area (Å²) >= 11 is 0. The first-order chi connectivity index (χ1) is 8.95. The van der Waals surface area contributed by atoms with Crippen LogP contribution in [-0.4, -0.2) is 34.8 Å². The summed E-state index contributed by atoms with van der Waals surface area (Å²) in [6, 6.07) is 5.15. The lowest BCUT2D eigenvalue weighted by atomic mass is 10.1. The molecule has 0 amide bonds. The van der Waals surface area contributed by atoms with Crippen LogP contribution >= 0.6 is 0 Å². The Labute approximate surface area is 116 Å². The average molecular weight is 284 g/mol. The molecule has 0 aliphatic heterocycles. The third kappa shape index (κ3) is 4.55. The van der Waals surface area contributed by atoms with Crippen LogP contribution in [0.2, 0.25) is 0 Å². The third-order valence-electron chi connectivity index (χ3n) is 2.49. The summed E-state index contributed by atoms with van der Waals surface area (Å²) in [5.74, 6) is 0.0821. The minimum absolute atomic E-state index is 0.00517. The molecule has 0 radical (unpaired) electrons. The lowest BCUT2D eigenvalue weighted by Gasteiger charge is -2.17. The summed E-state index contributed by atoms with van der Waals surface area (Å²) in [6.07, 6.45) is 1.65. The first-order valence-electron chi connectivity index (χ1n) is 6.07. The van der Waals surface area contributed by atoms with Gasteiger partial charge in [0.1, 0.15) is 0 Å². The van der Waals surface area contributed by atoms with Crippen molar-refractivity contribution in [1.82, 2.24) is 0 Å². The van der Waals surface area contributed by atoms with E-state index in [1.807, 2.05) is 6.92 Å². The minimum atomic E-state index is -0.888. The van der Waals surface area contributed by atoms with Crippen molar-refractivity contribution in [1.29, 1.82) is 0 Å². The van der Waals surface area contributed by atoms with E-state index in [0.29, 0.717) is 29.3 Å². The highest BCUT2D eigenvalue weighted by Crippen LogP contribution is 2.24. The molecule has 6 heteroatoms. The molecule has 3 N–H and O–H groups in total. The molecule has 0 heterocycles. The SMILES string of the molecule is CCOC(=O)c1cccc(NC(C)CS(C)=O)c1N. The van der Waals surface area contributed by atoms with Crippen molar-refractivity contribution in [2.75, 3.05) is 29.7 Å². The molecule has 0 aromatic heterocycles. The Morgan fingerprint density at radius 1 is 1.53 bits per heavy atom. The number of ether oxygens (including phenoxy) is 1. The van der Waals surface area contributed by atoms with E-state index in [0.717, 1.165) is 0 Å². The van der Waals surface area contributed by atoms with E-state index in [1.165, 1.54) is 0 Å². The average Bonchev–Trinajstić information content (AvgIpc) is 2.31. The number of hydrogen-bond acceptors (Lipinski definition) is 5. The second-order valence-electron chi connectivity index (χ2n) is 4.27. The number of hydrogen-bond donors (Lipinski definition) is 2. The molecule has 0 bridgehead atoms. The summed E-state index contributed by atoms with van der Waals surface area (Å²) in [7, 11) is -0.888. The Morgan fingerprint density at radius 2 is 2.21 bits per heavy atom. The fourth-order valence-corrected chi connectivity index (χ4v) is 2.52. The van der Waals surface area contributed by atoms with Gasteiger partial charge in [0, 0.05) is 28.9 Å². The van der Waals surface area contributed by atoms with Crippen LogP contribution in [0.3, 0.4) is 0 Å². The van der Waals surface area contributed by atoms with Crippen LogP contribution in [-0.2, 0) is 15.5 Å². The van der Waals surface area contributed by atoms with Crippen molar-refractivity contribution in [3.8, 4) is 0 Å². The van der Waals surface area contributed by atoms with Crippen molar-refractivity contribution < 1.29 is 13.7 Å². The Hall–Kier alpha value is -1.56. The van der Waals surface area contributed by atoms with Gasteiger partial charge in [0.2, 0.25) is 0 Å². The predicted octanol–water partition coefficient (Wildman–Crippen LogP) is 1.62. The molecule has 0 saturated carbocycles. The van der Waals surface area contributed by atoms with E-state index in [1.54, 1.807) is 31.4 Å². The van der Waals surface area contributed by atoms with Gasteiger partial charge in [-0.25, -0.2) is 4.79 Å². The molecule has 1 aromatic carbocycles. The quantitative estimate of drug-likeness (QED) is 0.613. The van der Waals surface area contributed by atoms with Gasteiger partial charge in [-0.15, -0.1) is 0 Å². The van der Waals surface area contributed by atoms with Crippen molar-refractivity contribution in [2.24, 2.45) is 0 Å². The Morgan fingerprint density at radius 3 is 2.79 bits per heavy atom. The Balaban J connectivity index is 2.88. The van der Waals surface area contributed by atoms with E-state index >= 15 is 0 Å². The van der Waals surface area contributed by atoms with Gasteiger partial charge < -0.3 is 15.8 Å². The fourth-order valence-electron chi connectivity index (χ4n) is 1.74. The fraction of sp³-hybridized carbons (Fsp3) is 0.462. The predicted molar refractivity (Wildman–Crippen MR) is 78.8 cm³/mol. The molecule has 2 atom stereocenters. The first-order valence-corrected chi connectivity index (χ1v) is 7.80. The molecule has 106 valence electrons. The summed E-state index contributed by atoms with van der Waals surface area (Å²) in [5.41, 5.74) is 7.31. The molecule has 0 aliphatic carbocycles. The number of esters is 1. The zero-order chi connectivity index (χ0) is 14.4. The van der Waals surface area contributed by atoms with E-state index in [2.05, 4.69) is 5.32 Å². The van der Waals surface area contributed by atoms with E-state index in [4.69, 9.17) is 10.5 Å². The van der Waals surface area contributed by atoms with Crippen LogP contribution in [0.5, 0.6) is 0 Å². The molecule has 1 rings (SSSR count). The molecule has 1 aromatic rings. The van der Waals surface area contributed by atoms with Crippen LogP contribution in [0, 0.1) is 0 Å². The van der Waals surface area contributed by atoms with Gasteiger partial charge in [-0.05, 0) is 26.0 Å². The maximum absolute atomic E-state index is 11.7. The van der Waals surface area contributed by atoms with Crippen molar-refractivity contribution in [3.63, 3.8) is 0 Å². The van der Waals surface area contributed by atoms with E-state index in [-0.39, 0.29) is 6.04 Å². The second-order valence-corrected chi connectivity index (χ2v) is 5.75. The lowest BCUT2D eigenvalue weighted by Crippen LogP contribution is -2.23. The van der Waals surface area contributed by atoms with Gasteiger partial charge in [-0.2, -0.15) is 0 Å². The molecular formula is C13H20N2O3S. The number of rotatable bonds is 6. The zero-order valence-corrected chi connectivity index (χ0v) is 12.3. The smallest absolute Gasteiger partial charge is 0.340 e. The van der Waals surface area contributed by atoms with Crippen LogP contribution in [0.4, 0.5) is 11.4 Å². The van der Waals surface area contributed by atoms with E-state index in [9.17, 15) is 9.00 Å². The van der Waals surface area contributed by atoms with Crippen molar-refractivity contribution in [2.45, 2.75) is 19.9 Å². The van der Waals surface area contributed by atoms with Crippen LogP contribution in [0.15, 0.2) is 18.2 Å². The molecule has 19 heavy (non-hydrogen) atoms.